The first-order valence-electron chi connectivity index (χ1n) is 7.82. The Morgan fingerprint density at radius 3 is 2.63 bits per heavy atom. The van der Waals surface area contributed by atoms with Crippen molar-refractivity contribution in [1.82, 2.24) is 9.62 Å². The Bertz CT molecular complexity index is 328. The highest BCUT2D eigenvalue weighted by atomic mass is 32.2. The second-order valence-corrected chi connectivity index (χ2v) is 7.51. The van der Waals surface area contributed by atoms with Gasteiger partial charge in [-0.2, -0.15) is 4.31 Å². The summed E-state index contributed by atoms with van der Waals surface area (Å²) in [7, 11) is -3.05. The number of nitrogens with one attached hydrogen (secondary N) is 1. The van der Waals surface area contributed by atoms with Crippen LogP contribution in [0.1, 0.15) is 58.8 Å². The molecule has 1 aliphatic heterocycles. The normalized spacial score (nSPS) is 21.7. The van der Waals surface area contributed by atoms with E-state index in [-0.39, 0.29) is 6.04 Å². The average molecular weight is 290 g/mol. The highest BCUT2D eigenvalue weighted by molar-refractivity contribution is 7.89. The Morgan fingerprint density at radius 2 is 1.95 bits per heavy atom. The molecule has 1 rings (SSSR count). The Morgan fingerprint density at radius 1 is 1.16 bits per heavy atom. The fraction of sp³-hybridized carbons (Fsp3) is 1.00. The number of sulfonamides is 1. The van der Waals surface area contributed by atoms with Gasteiger partial charge in [-0.05, 0) is 45.2 Å². The molecule has 1 fully saturated rings. The van der Waals surface area contributed by atoms with Crippen LogP contribution in [0.4, 0.5) is 0 Å². The van der Waals surface area contributed by atoms with E-state index in [0.717, 1.165) is 58.2 Å². The van der Waals surface area contributed by atoms with Gasteiger partial charge >= 0.3 is 0 Å². The second-order valence-electron chi connectivity index (χ2n) is 5.47. The van der Waals surface area contributed by atoms with Crippen molar-refractivity contribution in [3.8, 4) is 0 Å². The van der Waals surface area contributed by atoms with E-state index in [4.69, 9.17) is 0 Å². The van der Waals surface area contributed by atoms with Crippen LogP contribution in [0.15, 0.2) is 0 Å². The number of nitrogens with zero attached hydrogens (tertiary/aromatic N) is 1. The minimum Gasteiger partial charge on any atom is -0.317 e. The van der Waals surface area contributed by atoms with E-state index in [1.807, 2.05) is 0 Å². The average Bonchev–Trinajstić information content (AvgIpc) is 2.39. The summed E-state index contributed by atoms with van der Waals surface area (Å²) in [5.41, 5.74) is 0. The Balaban J connectivity index is 2.44. The van der Waals surface area contributed by atoms with Gasteiger partial charge in [-0.1, -0.05) is 26.7 Å². The molecule has 0 radical (unpaired) electrons. The van der Waals surface area contributed by atoms with Gasteiger partial charge in [0.2, 0.25) is 10.0 Å². The number of piperidine rings is 1. The predicted molar refractivity (Wildman–Crippen MR) is 80.8 cm³/mol. The van der Waals surface area contributed by atoms with Gasteiger partial charge in [0.1, 0.15) is 0 Å². The SMILES string of the molecule is CCCNCCCS(=O)(=O)N1CCCCC1CCC. The fourth-order valence-corrected chi connectivity index (χ4v) is 4.58. The first-order valence-corrected chi connectivity index (χ1v) is 9.43. The Hall–Kier alpha value is -0.130. The maximum atomic E-state index is 12.4. The lowest BCUT2D eigenvalue weighted by Gasteiger charge is -2.34. The van der Waals surface area contributed by atoms with Crippen LogP contribution in [0.5, 0.6) is 0 Å². The lowest BCUT2D eigenvalue weighted by molar-refractivity contribution is 0.239. The molecule has 1 aliphatic rings. The molecule has 5 heteroatoms. The Labute approximate surface area is 119 Å². The minimum atomic E-state index is -3.05. The summed E-state index contributed by atoms with van der Waals surface area (Å²) in [5, 5.41) is 3.26. The van der Waals surface area contributed by atoms with Crippen molar-refractivity contribution in [3.05, 3.63) is 0 Å². The van der Waals surface area contributed by atoms with E-state index in [1.54, 1.807) is 4.31 Å². The first kappa shape index (κ1) is 16.9. The van der Waals surface area contributed by atoms with Crippen LogP contribution < -0.4 is 5.32 Å². The quantitative estimate of drug-likeness (QED) is 0.663. The monoisotopic (exact) mass is 290 g/mol. The molecule has 0 aromatic rings. The molecule has 0 bridgehead atoms. The predicted octanol–water partition coefficient (Wildman–Crippen LogP) is 2.36. The minimum absolute atomic E-state index is 0.257. The second kappa shape index (κ2) is 8.93. The summed E-state index contributed by atoms with van der Waals surface area (Å²) in [6, 6.07) is 0.257. The molecule has 0 aromatic heterocycles. The molecule has 0 amide bonds. The van der Waals surface area contributed by atoms with E-state index in [2.05, 4.69) is 19.2 Å². The molecule has 0 saturated carbocycles. The van der Waals surface area contributed by atoms with E-state index < -0.39 is 10.0 Å². The molecule has 114 valence electrons. The van der Waals surface area contributed by atoms with Crippen LogP contribution in [-0.4, -0.2) is 44.2 Å². The van der Waals surface area contributed by atoms with Gasteiger partial charge in [-0.25, -0.2) is 8.42 Å². The molecule has 4 nitrogen and oxygen atoms in total. The van der Waals surface area contributed by atoms with E-state index in [0.29, 0.717) is 5.75 Å². The van der Waals surface area contributed by atoms with Crippen LogP contribution in [-0.2, 0) is 10.0 Å². The third-order valence-electron chi connectivity index (χ3n) is 3.73. The van der Waals surface area contributed by atoms with Crippen molar-refractivity contribution in [1.29, 1.82) is 0 Å². The van der Waals surface area contributed by atoms with Crippen molar-refractivity contribution in [3.63, 3.8) is 0 Å². The van der Waals surface area contributed by atoms with E-state index in [1.165, 1.54) is 6.42 Å². The smallest absolute Gasteiger partial charge is 0.214 e. The van der Waals surface area contributed by atoms with Gasteiger partial charge in [0.05, 0.1) is 5.75 Å². The van der Waals surface area contributed by atoms with E-state index in [9.17, 15) is 8.42 Å². The molecule has 19 heavy (non-hydrogen) atoms. The van der Waals surface area contributed by atoms with Gasteiger partial charge in [0.15, 0.2) is 0 Å². The number of hydrogen-bond donors (Lipinski definition) is 1. The maximum Gasteiger partial charge on any atom is 0.214 e. The van der Waals surface area contributed by atoms with Crippen LogP contribution >= 0.6 is 0 Å². The standard InChI is InChI=1S/C14H30N2O2S/c1-3-8-14-9-5-6-12-16(14)19(17,18)13-7-11-15-10-4-2/h14-15H,3-13H2,1-2H3. The van der Waals surface area contributed by atoms with E-state index >= 15 is 0 Å². The third kappa shape index (κ3) is 5.79. The number of rotatable bonds is 9. The first-order chi connectivity index (χ1) is 9.11. The lowest BCUT2D eigenvalue weighted by Crippen LogP contribution is -2.44. The molecule has 1 heterocycles. The van der Waals surface area contributed by atoms with Crippen LogP contribution in [0.25, 0.3) is 0 Å². The Kier molecular flexibility index (Phi) is 7.95. The molecule has 1 saturated heterocycles. The molecule has 1 atom stereocenters. The fourth-order valence-electron chi connectivity index (χ4n) is 2.76. The zero-order valence-electron chi connectivity index (χ0n) is 12.5. The molecule has 0 aliphatic carbocycles. The molecule has 1 unspecified atom stereocenters. The van der Waals surface area contributed by atoms with Crippen LogP contribution in [0.2, 0.25) is 0 Å². The molecular formula is C14H30N2O2S. The molecule has 0 spiro atoms. The number of hydrogen-bond acceptors (Lipinski definition) is 3. The van der Waals surface area contributed by atoms with Crippen LogP contribution in [0.3, 0.4) is 0 Å². The molecule has 1 N–H and O–H groups in total. The third-order valence-corrected chi connectivity index (χ3v) is 5.73. The van der Waals surface area contributed by atoms with Crippen molar-refractivity contribution in [2.45, 2.75) is 64.8 Å². The highest BCUT2D eigenvalue weighted by Crippen LogP contribution is 2.24. The van der Waals surface area contributed by atoms with Crippen molar-refractivity contribution >= 4 is 10.0 Å². The summed E-state index contributed by atoms with van der Waals surface area (Å²) in [6.45, 7) is 6.76. The van der Waals surface area contributed by atoms with Gasteiger partial charge in [0.25, 0.3) is 0 Å². The van der Waals surface area contributed by atoms with Crippen molar-refractivity contribution in [2.24, 2.45) is 0 Å². The summed E-state index contributed by atoms with van der Waals surface area (Å²) in [4.78, 5) is 0. The molecular weight excluding hydrogens is 260 g/mol. The summed E-state index contributed by atoms with van der Waals surface area (Å²) >= 11 is 0. The van der Waals surface area contributed by atoms with Crippen molar-refractivity contribution in [2.75, 3.05) is 25.4 Å². The van der Waals surface area contributed by atoms with Crippen LogP contribution in [0, 0.1) is 0 Å². The molecule has 0 aromatic carbocycles. The lowest BCUT2D eigenvalue weighted by atomic mass is 10.0. The van der Waals surface area contributed by atoms with Gasteiger partial charge in [-0.3, -0.25) is 0 Å². The zero-order valence-corrected chi connectivity index (χ0v) is 13.3. The topological polar surface area (TPSA) is 49.4 Å². The summed E-state index contributed by atoms with van der Waals surface area (Å²) in [5.74, 6) is 0.296. The maximum absolute atomic E-state index is 12.4. The largest absolute Gasteiger partial charge is 0.317 e. The zero-order chi connectivity index (χ0) is 14.1. The van der Waals surface area contributed by atoms with Gasteiger partial charge in [0, 0.05) is 12.6 Å². The summed E-state index contributed by atoms with van der Waals surface area (Å²) in [6.07, 6.45) is 7.13. The van der Waals surface area contributed by atoms with Crippen molar-refractivity contribution < 1.29 is 8.42 Å². The highest BCUT2D eigenvalue weighted by Gasteiger charge is 2.30. The van der Waals surface area contributed by atoms with Gasteiger partial charge < -0.3 is 5.32 Å². The summed E-state index contributed by atoms with van der Waals surface area (Å²) < 4.78 is 26.6. The van der Waals surface area contributed by atoms with Gasteiger partial charge in [-0.15, -0.1) is 0 Å².